The van der Waals surface area contributed by atoms with E-state index >= 15 is 0 Å². The van der Waals surface area contributed by atoms with Crippen molar-refractivity contribution in [2.75, 3.05) is 13.7 Å². The lowest BCUT2D eigenvalue weighted by Gasteiger charge is -2.08. The van der Waals surface area contributed by atoms with Crippen molar-refractivity contribution < 1.29 is 19.1 Å². The average Bonchev–Trinajstić information content (AvgIpc) is 2.71. The molecule has 0 fully saturated rings. The molecule has 5 nitrogen and oxygen atoms in total. The Bertz CT molecular complexity index is 779. The number of rotatable bonds is 10. The lowest BCUT2D eigenvalue weighted by molar-refractivity contribution is 0.0600. The van der Waals surface area contributed by atoms with Crippen LogP contribution in [-0.2, 0) is 4.74 Å². The number of ketones is 1. The van der Waals surface area contributed by atoms with Crippen LogP contribution in [-0.4, -0.2) is 31.2 Å². The van der Waals surface area contributed by atoms with Gasteiger partial charge in [-0.25, -0.2) is 4.79 Å². The highest BCUT2D eigenvalue weighted by atomic mass is 16.5. The SMILES string of the molecule is CCCCCOc1ccc(C(=O)CC(=N)c2ccc(C(=O)OC)cc2)cc1. The van der Waals surface area contributed by atoms with Gasteiger partial charge in [-0.2, -0.15) is 0 Å². The van der Waals surface area contributed by atoms with E-state index in [2.05, 4.69) is 11.7 Å². The molecule has 142 valence electrons. The first-order chi connectivity index (χ1) is 13.0. The molecule has 1 N–H and O–H groups in total. The summed E-state index contributed by atoms with van der Waals surface area (Å²) in [7, 11) is 1.32. The van der Waals surface area contributed by atoms with Crippen LogP contribution >= 0.6 is 0 Å². The Balaban J connectivity index is 1.92. The van der Waals surface area contributed by atoms with Crippen molar-refractivity contribution in [3.05, 3.63) is 65.2 Å². The number of nitrogens with one attached hydrogen (secondary N) is 1. The first-order valence-electron chi connectivity index (χ1n) is 9.07. The Kier molecular flexibility index (Phi) is 7.74. The Hall–Kier alpha value is -2.95. The molecule has 0 aromatic heterocycles. The normalized spacial score (nSPS) is 10.3. The van der Waals surface area contributed by atoms with Gasteiger partial charge in [-0.15, -0.1) is 0 Å². The van der Waals surface area contributed by atoms with Gasteiger partial charge in [0.1, 0.15) is 5.75 Å². The molecule has 0 aliphatic rings. The third-order valence-electron chi connectivity index (χ3n) is 4.18. The van der Waals surface area contributed by atoms with Gasteiger partial charge in [-0.1, -0.05) is 31.9 Å². The van der Waals surface area contributed by atoms with E-state index < -0.39 is 5.97 Å². The fourth-order valence-electron chi connectivity index (χ4n) is 2.57. The van der Waals surface area contributed by atoms with E-state index in [4.69, 9.17) is 10.1 Å². The minimum Gasteiger partial charge on any atom is -0.494 e. The van der Waals surface area contributed by atoms with E-state index in [1.807, 2.05) is 0 Å². The number of carbonyl (C=O) groups excluding carboxylic acids is 2. The van der Waals surface area contributed by atoms with Crippen molar-refractivity contribution in [3.8, 4) is 5.75 Å². The minimum absolute atomic E-state index is 0.00568. The first-order valence-corrected chi connectivity index (χ1v) is 9.07. The smallest absolute Gasteiger partial charge is 0.337 e. The third-order valence-corrected chi connectivity index (χ3v) is 4.18. The predicted octanol–water partition coefficient (Wildman–Crippen LogP) is 4.68. The minimum atomic E-state index is -0.429. The Morgan fingerprint density at radius 3 is 2.07 bits per heavy atom. The highest BCUT2D eigenvalue weighted by Crippen LogP contribution is 2.16. The summed E-state index contributed by atoms with van der Waals surface area (Å²) in [6.07, 6.45) is 3.30. The number of hydrogen-bond acceptors (Lipinski definition) is 5. The fraction of sp³-hybridized carbons (Fsp3) is 0.318. The molecule has 0 radical (unpaired) electrons. The van der Waals surface area contributed by atoms with Crippen LogP contribution in [0.1, 0.15) is 58.9 Å². The molecule has 0 amide bonds. The van der Waals surface area contributed by atoms with Crippen molar-refractivity contribution in [3.63, 3.8) is 0 Å². The molecule has 0 unspecified atom stereocenters. The highest BCUT2D eigenvalue weighted by molar-refractivity contribution is 6.14. The fourth-order valence-corrected chi connectivity index (χ4v) is 2.57. The van der Waals surface area contributed by atoms with E-state index in [-0.39, 0.29) is 17.9 Å². The van der Waals surface area contributed by atoms with Gasteiger partial charge >= 0.3 is 5.97 Å². The molecule has 0 atom stereocenters. The predicted molar refractivity (Wildman–Crippen MR) is 105 cm³/mol. The monoisotopic (exact) mass is 367 g/mol. The number of methoxy groups -OCH3 is 1. The summed E-state index contributed by atoms with van der Waals surface area (Å²) < 4.78 is 10.3. The lowest BCUT2D eigenvalue weighted by Crippen LogP contribution is -2.09. The maximum Gasteiger partial charge on any atom is 0.337 e. The van der Waals surface area contributed by atoms with Gasteiger partial charge in [0.05, 0.1) is 25.7 Å². The van der Waals surface area contributed by atoms with Gasteiger partial charge < -0.3 is 14.9 Å². The van der Waals surface area contributed by atoms with Crippen LogP contribution in [0.5, 0.6) is 5.75 Å². The summed E-state index contributed by atoms with van der Waals surface area (Å²) in [4.78, 5) is 23.8. The summed E-state index contributed by atoms with van der Waals surface area (Å²) in [6, 6.07) is 13.5. The zero-order chi connectivity index (χ0) is 19.6. The summed E-state index contributed by atoms with van der Waals surface area (Å²) in [5.41, 5.74) is 1.77. The van der Waals surface area contributed by atoms with E-state index in [1.165, 1.54) is 7.11 Å². The molecule has 2 aromatic carbocycles. The molecule has 27 heavy (non-hydrogen) atoms. The zero-order valence-electron chi connectivity index (χ0n) is 15.8. The number of esters is 1. The molecule has 0 spiro atoms. The highest BCUT2D eigenvalue weighted by Gasteiger charge is 2.12. The van der Waals surface area contributed by atoms with Crippen molar-refractivity contribution >= 4 is 17.5 Å². The molecule has 0 aliphatic heterocycles. The van der Waals surface area contributed by atoms with Crippen LogP contribution in [0.15, 0.2) is 48.5 Å². The molecular weight excluding hydrogens is 342 g/mol. The second-order valence-corrected chi connectivity index (χ2v) is 6.23. The van der Waals surface area contributed by atoms with Crippen LogP contribution < -0.4 is 4.74 Å². The number of benzene rings is 2. The number of Topliss-reactive ketones (excluding diaryl/α,β-unsaturated/α-hetero) is 1. The molecule has 2 rings (SSSR count). The van der Waals surface area contributed by atoms with E-state index in [9.17, 15) is 9.59 Å². The summed E-state index contributed by atoms with van der Waals surface area (Å²) in [5, 5.41) is 8.14. The molecular formula is C22H25NO4. The van der Waals surface area contributed by atoms with E-state index in [1.54, 1.807) is 48.5 Å². The van der Waals surface area contributed by atoms with Crippen molar-refractivity contribution in [2.24, 2.45) is 0 Å². The van der Waals surface area contributed by atoms with Crippen LogP contribution in [0.3, 0.4) is 0 Å². The molecule has 2 aromatic rings. The van der Waals surface area contributed by atoms with Crippen LogP contribution in [0.25, 0.3) is 0 Å². The molecule has 5 heteroatoms. The van der Waals surface area contributed by atoms with Gasteiger partial charge in [0, 0.05) is 11.3 Å². The molecule has 0 saturated heterocycles. The van der Waals surface area contributed by atoms with Crippen molar-refractivity contribution in [1.29, 1.82) is 5.41 Å². The second-order valence-electron chi connectivity index (χ2n) is 6.23. The van der Waals surface area contributed by atoms with Crippen molar-refractivity contribution in [2.45, 2.75) is 32.6 Å². The van der Waals surface area contributed by atoms with Gasteiger partial charge in [-0.05, 0) is 48.4 Å². The van der Waals surface area contributed by atoms with Crippen LogP contribution in [0.4, 0.5) is 0 Å². The third kappa shape index (κ3) is 6.06. The van der Waals surface area contributed by atoms with Gasteiger partial charge in [0.15, 0.2) is 5.78 Å². The lowest BCUT2D eigenvalue weighted by atomic mass is 10.00. The number of carbonyl (C=O) groups is 2. The van der Waals surface area contributed by atoms with E-state index in [0.29, 0.717) is 23.3 Å². The van der Waals surface area contributed by atoms with Crippen molar-refractivity contribution in [1.82, 2.24) is 0 Å². The largest absolute Gasteiger partial charge is 0.494 e. The number of ether oxygens (including phenoxy) is 2. The van der Waals surface area contributed by atoms with Gasteiger partial charge in [-0.3, -0.25) is 4.79 Å². The topological polar surface area (TPSA) is 76.5 Å². The molecule has 0 saturated carbocycles. The molecule has 0 heterocycles. The van der Waals surface area contributed by atoms with Crippen LogP contribution in [0.2, 0.25) is 0 Å². The maximum absolute atomic E-state index is 12.4. The second kappa shape index (κ2) is 10.3. The van der Waals surface area contributed by atoms with Gasteiger partial charge in [0.25, 0.3) is 0 Å². The zero-order valence-corrected chi connectivity index (χ0v) is 15.8. The average molecular weight is 367 g/mol. The summed E-state index contributed by atoms with van der Waals surface area (Å²) in [6.45, 7) is 2.82. The van der Waals surface area contributed by atoms with Gasteiger partial charge in [0.2, 0.25) is 0 Å². The van der Waals surface area contributed by atoms with E-state index in [0.717, 1.165) is 25.0 Å². The molecule has 0 aliphatic carbocycles. The Morgan fingerprint density at radius 2 is 1.48 bits per heavy atom. The quantitative estimate of drug-likeness (QED) is 0.286. The first kappa shape index (κ1) is 20.4. The standard InChI is InChI=1S/C22H25NO4/c1-3-4-5-14-27-19-12-10-17(11-13-19)21(24)15-20(23)16-6-8-18(9-7-16)22(25)26-2/h6-13,23H,3-5,14-15H2,1-2H3. The Labute approximate surface area is 159 Å². The number of hydrogen-bond donors (Lipinski definition) is 1. The maximum atomic E-state index is 12.4. The van der Waals surface area contributed by atoms with Crippen LogP contribution in [0, 0.1) is 5.41 Å². The Morgan fingerprint density at radius 1 is 0.889 bits per heavy atom. The molecule has 0 bridgehead atoms. The summed E-state index contributed by atoms with van der Waals surface area (Å²) in [5.74, 6) is 0.187. The summed E-state index contributed by atoms with van der Waals surface area (Å²) >= 11 is 0. The number of unbranched alkanes of at least 4 members (excludes halogenated alkanes) is 2.